The largest absolute Gasteiger partial charge is 0.339 e. The van der Waals surface area contributed by atoms with Crippen LogP contribution in [0.25, 0.3) is 5.57 Å². The quantitative estimate of drug-likeness (QED) is 0.909. The second-order valence-electron chi connectivity index (χ2n) is 7.25. The highest BCUT2D eigenvalue weighted by molar-refractivity contribution is 6.00. The van der Waals surface area contributed by atoms with Gasteiger partial charge >= 0.3 is 0 Å². The summed E-state index contributed by atoms with van der Waals surface area (Å²) >= 11 is 0. The van der Waals surface area contributed by atoms with E-state index in [4.69, 9.17) is 0 Å². The van der Waals surface area contributed by atoms with E-state index in [1.807, 2.05) is 24.1 Å². The van der Waals surface area contributed by atoms with Gasteiger partial charge in [0.25, 0.3) is 5.91 Å². The maximum atomic E-state index is 12.8. The van der Waals surface area contributed by atoms with Gasteiger partial charge < -0.3 is 4.90 Å². The van der Waals surface area contributed by atoms with E-state index in [1.165, 1.54) is 12.0 Å². The van der Waals surface area contributed by atoms with Crippen LogP contribution in [0.15, 0.2) is 23.9 Å². The van der Waals surface area contributed by atoms with Crippen LogP contribution in [0.1, 0.15) is 50.8 Å². The molecule has 1 N–H and O–H groups in total. The van der Waals surface area contributed by atoms with Crippen molar-refractivity contribution in [1.82, 2.24) is 15.1 Å². The Morgan fingerprint density at radius 2 is 2.14 bits per heavy atom. The van der Waals surface area contributed by atoms with Crippen LogP contribution in [0.5, 0.6) is 0 Å². The van der Waals surface area contributed by atoms with Crippen LogP contribution in [0.4, 0.5) is 0 Å². The number of allylic oxidation sites excluding steroid dienone is 2. The monoisotopic (exact) mass is 299 g/mol. The van der Waals surface area contributed by atoms with Gasteiger partial charge in [-0.2, -0.15) is 5.10 Å². The minimum absolute atomic E-state index is 0.189. The van der Waals surface area contributed by atoms with Gasteiger partial charge in [0.1, 0.15) is 0 Å². The third-order valence-corrected chi connectivity index (χ3v) is 4.92. The van der Waals surface area contributed by atoms with Gasteiger partial charge in [-0.25, -0.2) is 0 Å². The minimum Gasteiger partial charge on any atom is -0.339 e. The average molecular weight is 299 g/mol. The van der Waals surface area contributed by atoms with Crippen molar-refractivity contribution in [2.45, 2.75) is 46.5 Å². The maximum absolute atomic E-state index is 12.8. The van der Waals surface area contributed by atoms with Crippen molar-refractivity contribution in [2.75, 3.05) is 13.1 Å². The summed E-state index contributed by atoms with van der Waals surface area (Å²) in [6.07, 6.45) is 10.1. The summed E-state index contributed by atoms with van der Waals surface area (Å²) in [5.41, 5.74) is 4.56. The lowest BCUT2D eigenvalue weighted by atomic mass is 9.85. The zero-order chi connectivity index (χ0) is 15.7. The number of aryl methyl sites for hydroxylation is 1. The minimum atomic E-state index is 0.189. The Morgan fingerprint density at radius 1 is 1.32 bits per heavy atom. The number of aromatic nitrogens is 2. The van der Waals surface area contributed by atoms with Crippen LogP contribution in [-0.2, 0) is 4.79 Å². The predicted molar refractivity (Wildman–Crippen MR) is 88.2 cm³/mol. The van der Waals surface area contributed by atoms with E-state index >= 15 is 0 Å². The molecule has 1 saturated heterocycles. The fraction of sp³-hybridized carbons (Fsp3) is 0.556. The standard InChI is InChI=1S/C18H25N3O/c1-13-16(12-19-20-13)14-5-6-15(11-14)17(22)21-9-4-7-18(2,3)8-10-21/h6,11-12H,4-5,7-10H2,1-3H3,(H,19,20). The number of hydrogen-bond donors (Lipinski definition) is 1. The van der Waals surface area contributed by atoms with Gasteiger partial charge in [-0.1, -0.05) is 19.9 Å². The second kappa shape index (κ2) is 5.75. The molecule has 2 heterocycles. The van der Waals surface area contributed by atoms with Gasteiger partial charge in [-0.3, -0.25) is 9.89 Å². The van der Waals surface area contributed by atoms with Gasteiger partial charge in [-0.15, -0.1) is 0 Å². The van der Waals surface area contributed by atoms with Crippen LogP contribution < -0.4 is 0 Å². The van der Waals surface area contributed by atoms with E-state index in [1.54, 1.807) is 0 Å². The van der Waals surface area contributed by atoms with Crippen LogP contribution in [0, 0.1) is 12.3 Å². The first-order valence-corrected chi connectivity index (χ1v) is 8.17. The number of H-pyrrole nitrogens is 1. The molecule has 0 aromatic carbocycles. The smallest absolute Gasteiger partial charge is 0.253 e. The molecule has 3 rings (SSSR count). The number of amides is 1. The molecule has 1 aromatic rings. The SMILES string of the molecule is Cc1[nH]ncc1C1=CC(C(=O)N2CCCC(C)(C)CC2)=CC1. The third-order valence-electron chi connectivity index (χ3n) is 4.92. The average Bonchev–Trinajstić information content (AvgIpc) is 3.06. The topological polar surface area (TPSA) is 49.0 Å². The van der Waals surface area contributed by atoms with Gasteiger partial charge in [0, 0.05) is 29.9 Å². The first kappa shape index (κ1) is 15.1. The van der Waals surface area contributed by atoms with Crippen LogP contribution >= 0.6 is 0 Å². The molecule has 0 bridgehead atoms. The van der Waals surface area contributed by atoms with Crippen molar-refractivity contribution in [3.05, 3.63) is 35.2 Å². The molecule has 1 aromatic heterocycles. The van der Waals surface area contributed by atoms with Gasteiger partial charge in [-0.05, 0) is 49.7 Å². The summed E-state index contributed by atoms with van der Waals surface area (Å²) in [6.45, 7) is 8.37. The van der Waals surface area contributed by atoms with Crippen LogP contribution in [-0.4, -0.2) is 34.1 Å². The van der Waals surface area contributed by atoms with Crippen molar-refractivity contribution in [3.63, 3.8) is 0 Å². The highest BCUT2D eigenvalue weighted by atomic mass is 16.2. The highest BCUT2D eigenvalue weighted by Crippen LogP contribution is 2.32. The van der Waals surface area contributed by atoms with E-state index in [0.29, 0.717) is 5.41 Å². The molecule has 2 aliphatic rings. The lowest BCUT2D eigenvalue weighted by Gasteiger charge is -2.23. The van der Waals surface area contributed by atoms with Crippen LogP contribution in [0.2, 0.25) is 0 Å². The summed E-state index contributed by atoms with van der Waals surface area (Å²) in [5.74, 6) is 0.189. The molecule has 0 spiro atoms. The first-order valence-electron chi connectivity index (χ1n) is 8.17. The molecule has 118 valence electrons. The zero-order valence-electron chi connectivity index (χ0n) is 13.8. The summed E-state index contributed by atoms with van der Waals surface area (Å²) in [6, 6.07) is 0. The molecule has 1 aliphatic carbocycles. The zero-order valence-corrected chi connectivity index (χ0v) is 13.8. The Balaban J connectivity index is 1.71. The van der Waals surface area contributed by atoms with Crippen molar-refractivity contribution < 1.29 is 4.79 Å². The summed E-state index contributed by atoms with van der Waals surface area (Å²) < 4.78 is 0. The molecule has 0 unspecified atom stereocenters. The Bertz CT molecular complexity index is 637. The van der Waals surface area contributed by atoms with Crippen molar-refractivity contribution in [2.24, 2.45) is 5.41 Å². The van der Waals surface area contributed by atoms with Crippen molar-refractivity contribution in [3.8, 4) is 0 Å². The Morgan fingerprint density at radius 3 is 2.86 bits per heavy atom. The van der Waals surface area contributed by atoms with E-state index < -0.39 is 0 Å². The van der Waals surface area contributed by atoms with Gasteiger partial charge in [0.2, 0.25) is 0 Å². The van der Waals surface area contributed by atoms with E-state index in [0.717, 1.165) is 49.2 Å². The molecule has 4 nitrogen and oxygen atoms in total. The molecule has 0 radical (unpaired) electrons. The first-order chi connectivity index (χ1) is 10.5. The number of carbonyl (C=O) groups is 1. The predicted octanol–water partition coefficient (Wildman–Crippen LogP) is 3.47. The van der Waals surface area contributed by atoms with E-state index in [9.17, 15) is 4.79 Å². The number of rotatable bonds is 2. The number of likely N-dealkylation sites (tertiary alicyclic amines) is 1. The molecule has 1 fully saturated rings. The molecule has 22 heavy (non-hydrogen) atoms. The third kappa shape index (κ3) is 3.01. The summed E-state index contributed by atoms with van der Waals surface area (Å²) in [4.78, 5) is 14.8. The lowest BCUT2D eigenvalue weighted by molar-refractivity contribution is -0.126. The normalized spacial score (nSPS) is 21.3. The molecule has 4 heteroatoms. The van der Waals surface area contributed by atoms with Crippen molar-refractivity contribution in [1.29, 1.82) is 0 Å². The fourth-order valence-electron chi connectivity index (χ4n) is 3.35. The molecular weight excluding hydrogens is 274 g/mol. The van der Waals surface area contributed by atoms with Crippen LogP contribution in [0.3, 0.4) is 0 Å². The van der Waals surface area contributed by atoms with E-state index in [-0.39, 0.29) is 5.91 Å². The lowest BCUT2D eigenvalue weighted by Crippen LogP contribution is -2.32. The molecule has 1 amide bonds. The second-order valence-corrected chi connectivity index (χ2v) is 7.25. The number of aromatic amines is 1. The summed E-state index contributed by atoms with van der Waals surface area (Å²) in [7, 11) is 0. The fourth-order valence-corrected chi connectivity index (χ4v) is 3.35. The van der Waals surface area contributed by atoms with Crippen molar-refractivity contribution >= 4 is 11.5 Å². The number of nitrogens with zero attached hydrogens (tertiary/aromatic N) is 2. The number of hydrogen-bond acceptors (Lipinski definition) is 2. The molecule has 0 saturated carbocycles. The molecule has 0 atom stereocenters. The van der Waals surface area contributed by atoms with Gasteiger partial charge in [0.05, 0.1) is 6.20 Å². The highest BCUT2D eigenvalue weighted by Gasteiger charge is 2.27. The Labute approximate surface area is 132 Å². The maximum Gasteiger partial charge on any atom is 0.253 e. The molecular formula is C18H25N3O. The summed E-state index contributed by atoms with van der Waals surface area (Å²) in [5, 5.41) is 7.03. The van der Waals surface area contributed by atoms with E-state index in [2.05, 4.69) is 30.1 Å². The Hall–Kier alpha value is -1.84. The molecule has 1 aliphatic heterocycles. The number of carbonyl (C=O) groups excluding carboxylic acids is 1. The number of nitrogens with one attached hydrogen (secondary N) is 1. The van der Waals surface area contributed by atoms with Gasteiger partial charge in [0.15, 0.2) is 0 Å². The Kier molecular flexibility index (Phi) is 3.94.